The molecule has 0 atom stereocenters. The van der Waals surface area contributed by atoms with E-state index in [1.54, 1.807) is 25.3 Å². The van der Waals surface area contributed by atoms with E-state index < -0.39 is 0 Å². The quantitative estimate of drug-likeness (QED) is 0.650. The van der Waals surface area contributed by atoms with Crippen molar-refractivity contribution in [3.63, 3.8) is 0 Å². The molecule has 2 heteroatoms. The van der Waals surface area contributed by atoms with Crippen LogP contribution < -0.4 is 4.90 Å². The first-order valence-electron chi connectivity index (χ1n) is 3.88. The maximum Gasteiger partial charge on any atom is 0.230 e. The smallest absolute Gasteiger partial charge is 0.230 e. The number of amides is 1. The number of hydrogen-bond donors (Lipinski definition) is 0. The van der Waals surface area contributed by atoms with E-state index in [2.05, 4.69) is 0 Å². The average Bonchev–Trinajstić information content (AvgIpc) is 2.17. The molecule has 0 saturated heterocycles. The summed E-state index contributed by atoms with van der Waals surface area (Å²) in [5.41, 5.74) is 0.917. The molecule has 0 unspecified atom stereocenters. The van der Waals surface area contributed by atoms with Gasteiger partial charge in [0.1, 0.15) is 0 Å². The third-order valence-electron chi connectivity index (χ3n) is 1.72. The molecule has 0 aliphatic carbocycles. The van der Waals surface area contributed by atoms with E-state index in [4.69, 9.17) is 0 Å². The SMILES string of the molecule is C[CH]C(=O)N(C)c1ccccc1. The van der Waals surface area contributed by atoms with Crippen LogP contribution in [0.25, 0.3) is 0 Å². The van der Waals surface area contributed by atoms with Crippen molar-refractivity contribution < 1.29 is 4.79 Å². The normalized spacial score (nSPS) is 9.50. The van der Waals surface area contributed by atoms with Gasteiger partial charge < -0.3 is 4.90 Å². The van der Waals surface area contributed by atoms with Crippen molar-refractivity contribution in [3.05, 3.63) is 36.8 Å². The van der Waals surface area contributed by atoms with Crippen molar-refractivity contribution in [1.82, 2.24) is 0 Å². The van der Waals surface area contributed by atoms with E-state index in [0.717, 1.165) is 5.69 Å². The summed E-state index contributed by atoms with van der Waals surface area (Å²) in [6.45, 7) is 1.74. The Hall–Kier alpha value is -1.31. The van der Waals surface area contributed by atoms with Crippen molar-refractivity contribution >= 4 is 11.6 Å². The lowest BCUT2D eigenvalue weighted by molar-refractivity contribution is -0.115. The largest absolute Gasteiger partial charge is 0.315 e. The Kier molecular flexibility index (Phi) is 2.86. The minimum atomic E-state index is 0.0150. The van der Waals surface area contributed by atoms with Gasteiger partial charge in [0.05, 0.1) is 0 Å². The summed E-state index contributed by atoms with van der Waals surface area (Å²) in [6, 6.07) is 9.56. The molecule has 63 valence electrons. The number of nitrogens with zero attached hydrogens (tertiary/aromatic N) is 1. The van der Waals surface area contributed by atoms with Gasteiger partial charge in [-0.25, -0.2) is 0 Å². The molecule has 1 amide bonds. The molecule has 0 bridgehead atoms. The standard InChI is InChI=1S/C10H12NO/c1-3-10(12)11(2)9-7-5-4-6-8-9/h3-8H,1-2H3. The number of carbonyl (C=O) groups excluding carboxylic acids is 1. The summed E-state index contributed by atoms with van der Waals surface area (Å²) in [5, 5.41) is 0. The second kappa shape index (κ2) is 3.90. The van der Waals surface area contributed by atoms with Crippen LogP contribution >= 0.6 is 0 Å². The van der Waals surface area contributed by atoms with Crippen molar-refractivity contribution in [3.8, 4) is 0 Å². The maximum atomic E-state index is 11.2. The van der Waals surface area contributed by atoms with Crippen LogP contribution in [0, 0.1) is 6.42 Å². The Morgan fingerprint density at radius 3 is 2.42 bits per heavy atom. The fourth-order valence-electron chi connectivity index (χ4n) is 0.972. The lowest BCUT2D eigenvalue weighted by Crippen LogP contribution is -2.25. The molecular weight excluding hydrogens is 150 g/mol. The van der Waals surface area contributed by atoms with E-state index in [1.165, 1.54) is 0 Å². The average molecular weight is 162 g/mol. The highest BCUT2D eigenvalue weighted by molar-refractivity contribution is 5.98. The third-order valence-corrected chi connectivity index (χ3v) is 1.72. The Balaban J connectivity index is 2.78. The zero-order chi connectivity index (χ0) is 8.97. The molecule has 0 spiro atoms. The molecule has 12 heavy (non-hydrogen) atoms. The van der Waals surface area contributed by atoms with Gasteiger partial charge in [0.25, 0.3) is 0 Å². The minimum Gasteiger partial charge on any atom is -0.315 e. The fourth-order valence-corrected chi connectivity index (χ4v) is 0.972. The van der Waals surface area contributed by atoms with Crippen LogP contribution in [-0.2, 0) is 4.79 Å². The molecule has 1 aromatic carbocycles. The van der Waals surface area contributed by atoms with Crippen LogP contribution in [0.4, 0.5) is 5.69 Å². The molecule has 1 rings (SSSR count). The summed E-state index contributed by atoms with van der Waals surface area (Å²) < 4.78 is 0. The summed E-state index contributed by atoms with van der Waals surface area (Å²) >= 11 is 0. The first-order valence-corrected chi connectivity index (χ1v) is 3.88. The Bertz CT molecular complexity index is 256. The molecule has 0 aliphatic rings. The van der Waals surface area contributed by atoms with Crippen LogP contribution in [0.1, 0.15) is 6.92 Å². The van der Waals surface area contributed by atoms with Gasteiger partial charge in [-0.2, -0.15) is 0 Å². The Morgan fingerprint density at radius 1 is 1.33 bits per heavy atom. The van der Waals surface area contributed by atoms with Gasteiger partial charge in [0.2, 0.25) is 5.91 Å². The maximum absolute atomic E-state index is 11.2. The molecule has 0 N–H and O–H groups in total. The first kappa shape index (κ1) is 8.78. The van der Waals surface area contributed by atoms with Gasteiger partial charge in [-0.3, -0.25) is 4.79 Å². The van der Waals surface area contributed by atoms with Crippen molar-refractivity contribution in [2.45, 2.75) is 6.92 Å². The summed E-state index contributed by atoms with van der Waals surface area (Å²) in [4.78, 5) is 12.8. The minimum absolute atomic E-state index is 0.0150. The topological polar surface area (TPSA) is 20.3 Å². The summed E-state index contributed by atoms with van der Waals surface area (Å²) in [7, 11) is 1.76. The van der Waals surface area contributed by atoms with Crippen molar-refractivity contribution in [2.75, 3.05) is 11.9 Å². The van der Waals surface area contributed by atoms with Crippen LogP contribution in [-0.4, -0.2) is 13.0 Å². The molecule has 1 radical (unpaired) electrons. The monoisotopic (exact) mass is 162 g/mol. The number of rotatable bonds is 2. The zero-order valence-electron chi connectivity index (χ0n) is 7.32. The predicted molar refractivity (Wildman–Crippen MR) is 49.8 cm³/mol. The zero-order valence-corrected chi connectivity index (χ0v) is 7.32. The van der Waals surface area contributed by atoms with Gasteiger partial charge in [0, 0.05) is 19.2 Å². The van der Waals surface area contributed by atoms with Gasteiger partial charge in [-0.05, 0) is 12.1 Å². The second-order valence-corrected chi connectivity index (χ2v) is 2.52. The molecule has 0 aliphatic heterocycles. The third kappa shape index (κ3) is 1.84. The Labute approximate surface area is 72.8 Å². The summed E-state index contributed by atoms with van der Waals surface area (Å²) in [5.74, 6) is 0.0150. The molecule has 1 aromatic rings. The van der Waals surface area contributed by atoms with E-state index in [1.807, 2.05) is 30.3 Å². The lowest BCUT2D eigenvalue weighted by Gasteiger charge is -2.15. The second-order valence-electron chi connectivity index (χ2n) is 2.52. The van der Waals surface area contributed by atoms with Crippen LogP contribution in [0.2, 0.25) is 0 Å². The van der Waals surface area contributed by atoms with E-state index in [0.29, 0.717) is 0 Å². The highest BCUT2D eigenvalue weighted by Crippen LogP contribution is 2.11. The highest BCUT2D eigenvalue weighted by atomic mass is 16.2. The predicted octanol–water partition coefficient (Wildman–Crippen LogP) is 1.87. The van der Waals surface area contributed by atoms with Crippen LogP contribution in [0.15, 0.2) is 30.3 Å². The number of para-hydroxylation sites is 1. The number of anilines is 1. The molecular formula is C10H12NO. The highest BCUT2D eigenvalue weighted by Gasteiger charge is 2.06. The lowest BCUT2D eigenvalue weighted by atomic mass is 10.3. The number of benzene rings is 1. The van der Waals surface area contributed by atoms with Gasteiger partial charge in [-0.15, -0.1) is 0 Å². The fraction of sp³-hybridized carbons (Fsp3) is 0.200. The summed E-state index contributed by atoms with van der Waals surface area (Å²) in [6.07, 6.45) is 1.55. The Morgan fingerprint density at radius 2 is 1.92 bits per heavy atom. The van der Waals surface area contributed by atoms with E-state index in [-0.39, 0.29) is 5.91 Å². The molecule has 0 saturated carbocycles. The van der Waals surface area contributed by atoms with Gasteiger partial charge in [-0.1, -0.05) is 25.1 Å². The van der Waals surface area contributed by atoms with E-state index in [9.17, 15) is 4.79 Å². The molecule has 0 fully saturated rings. The number of carbonyl (C=O) groups is 1. The van der Waals surface area contributed by atoms with Gasteiger partial charge >= 0.3 is 0 Å². The van der Waals surface area contributed by atoms with Crippen molar-refractivity contribution in [1.29, 1.82) is 0 Å². The van der Waals surface area contributed by atoms with Crippen LogP contribution in [0.3, 0.4) is 0 Å². The number of hydrogen-bond acceptors (Lipinski definition) is 1. The molecule has 2 nitrogen and oxygen atoms in total. The molecule has 0 aromatic heterocycles. The van der Waals surface area contributed by atoms with Crippen LogP contribution in [0.5, 0.6) is 0 Å². The first-order chi connectivity index (χ1) is 5.75. The van der Waals surface area contributed by atoms with Gasteiger partial charge in [0.15, 0.2) is 0 Å². The van der Waals surface area contributed by atoms with Crippen molar-refractivity contribution in [2.24, 2.45) is 0 Å². The van der Waals surface area contributed by atoms with E-state index >= 15 is 0 Å². The molecule has 0 heterocycles.